The van der Waals surface area contributed by atoms with E-state index in [0.717, 1.165) is 5.56 Å². The lowest BCUT2D eigenvalue weighted by atomic mass is 9.87. The van der Waals surface area contributed by atoms with Crippen molar-refractivity contribution in [3.8, 4) is 0 Å². The van der Waals surface area contributed by atoms with E-state index in [2.05, 4.69) is 0 Å². The standard InChI is InChI=1S/C13H17NO4/c14-11(16)18-13(9-15,12(17)6-7-12)8-10-4-2-1-3-5-10/h1-5,15,17H,6-9H2,(H2,14,16)/t13-/m1/s1. The van der Waals surface area contributed by atoms with Crippen LogP contribution >= 0.6 is 0 Å². The van der Waals surface area contributed by atoms with Gasteiger partial charge in [0.1, 0.15) is 5.60 Å². The number of rotatable bonds is 5. The van der Waals surface area contributed by atoms with Gasteiger partial charge in [-0.2, -0.15) is 0 Å². The fourth-order valence-electron chi connectivity index (χ4n) is 2.22. The van der Waals surface area contributed by atoms with Crippen molar-refractivity contribution in [1.82, 2.24) is 0 Å². The van der Waals surface area contributed by atoms with Gasteiger partial charge in [0.2, 0.25) is 0 Å². The average molecular weight is 251 g/mol. The van der Waals surface area contributed by atoms with Crippen molar-refractivity contribution in [2.45, 2.75) is 30.5 Å². The van der Waals surface area contributed by atoms with Crippen LogP contribution in [0.1, 0.15) is 18.4 Å². The quantitative estimate of drug-likeness (QED) is 0.713. The van der Waals surface area contributed by atoms with Gasteiger partial charge in [-0.1, -0.05) is 30.3 Å². The molecular weight excluding hydrogens is 234 g/mol. The SMILES string of the molecule is NC(=O)O[C@@](CO)(Cc1ccccc1)C1(O)CC1. The van der Waals surface area contributed by atoms with Gasteiger partial charge in [0.05, 0.1) is 6.61 Å². The third-order valence-corrected chi connectivity index (χ3v) is 3.46. The number of hydrogen-bond donors (Lipinski definition) is 3. The number of primary amides is 1. The molecule has 0 spiro atoms. The molecule has 0 bridgehead atoms. The van der Waals surface area contributed by atoms with Crippen molar-refractivity contribution in [2.24, 2.45) is 5.73 Å². The normalized spacial score (nSPS) is 19.9. The molecule has 0 aromatic heterocycles. The first-order valence-corrected chi connectivity index (χ1v) is 5.87. The van der Waals surface area contributed by atoms with Gasteiger partial charge >= 0.3 is 6.09 Å². The number of benzene rings is 1. The van der Waals surface area contributed by atoms with Crippen LogP contribution in [0.15, 0.2) is 30.3 Å². The van der Waals surface area contributed by atoms with E-state index in [9.17, 15) is 15.0 Å². The van der Waals surface area contributed by atoms with Gasteiger partial charge in [0.25, 0.3) is 0 Å². The first-order chi connectivity index (χ1) is 8.51. The molecule has 98 valence electrons. The van der Waals surface area contributed by atoms with Gasteiger partial charge in [0.15, 0.2) is 5.60 Å². The molecule has 1 aliphatic carbocycles. The first-order valence-electron chi connectivity index (χ1n) is 5.87. The van der Waals surface area contributed by atoms with Crippen molar-refractivity contribution in [3.05, 3.63) is 35.9 Å². The van der Waals surface area contributed by atoms with Crippen molar-refractivity contribution in [3.63, 3.8) is 0 Å². The molecule has 18 heavy (non-hydrogen) atoms. The van der Waals surface area contributed by atoms with E-state index in [1.54, 1.807) is 0 Å². The monoisotopic (exact) mass is 251 g/mol. The lowest BCUT2D eigenvalue weighted by molar-refractivity contribution is -0.121. The maximum Gasteiger partial charge on any atom is 0.405 e. The van der Waals surface area contributed by atoms with E-state index in [-0.39, 0.29) is 6.42 Å². The third kappa shape index (κ3) is 2.32. The lowest BCUT2D eigenvalue weighted by Gasteiger charge is -2.35. The highest BCUT2D eigenvalue weighted by molar-refractivity contribution is 5.65. The Morgan fingerprint density at radius 1 is 1.39 bits per heavy atom. The molecule has 5 nitrogen and oxygen atoms in total. The van der Waals surface area contributed by atoms with Crippen LogP contribution in [-0.2, 0) is 11.2 Å². The van der Waals surface area contributed by atoms with Crippen molar-refractivity contribution in [1.29, 1.82) is 0 Å². The van der Waals surface area contributed by atoms with E-state index in [1.807, 2.05) is 30.3 Å². The maximum absolute atomic E-state index is 11.0. The summed E-state index contributed by atoms with van der Waals surface area (Å²) in [5.74, 6) is 0. The number of aliphatic hydroxyl groups excluding tert-OH is 1. The molecule has 5 heteroatoms. The van der Waals surface area contributed by atoms with E-state index in [1.165, 1.54) is 0 Å². The van der Waals surface area contributed by atoms with Crippen LogP contribution in [0.3, 0.4) is 0 Å². The smallest absolute Gasteiger partial charge is 0.405 e. The Morgan fingerprint density at radius 3 is 2.44 bits per heavy atom. The minimum Gasteiger partial charge on any atom is -0.437 e. The van der Waals surface area contributed by atoms with Gasteiger partial charge in [-0.25, -0.2) is 4.79 Å². The zero-order valence-corrected chi connectivity index (χ0v) is 10.0. The second-order valence-corrected chi connectivity index (χ2v) is 4.77. The van der Waals surface area contributed by atoms with E-state index < -0.39 is 23.9 Å². The molecule has 0 aliphatic heterocycles. The van der Waals surface area contributed by atoms with E-state index in [4.69, 9.17) is 10.5 Å². The second-order valence-electron chi connectivity index (χ2n) is 4.77. The van der Waals surface area contributed by atoms with Crippen LogP contribution in [-0.4, -0.2) is 34.1 Å². The molecule has 2 rings (SSSR count). The summed E-state index contributed by atoms with van der Waals surface area (Å²) < 4.78 is 5.06. The Kier molecular flexibility index (Phi) is 3.28. The zero-order chi connectivity index (χ0) is 13.2. The van der Waals surface area contributed by atoms with Crippen molar-refractivity contribution in [2.75, 3.05) is 6.61 Å². The Morgan fingerprint density at radius 2 is 2.00 bits per heavy atom. The average Bonchev–Trinajstić information content (AvgIpc) is 3.09. The molecule has 1 saturated carbocycles. The van der Waals surface area contributed by atoms with Crippen LogP contribution in [0.5, 0.6) is 0 Å². The van der Waals surface area contributed by atoms with Crippen LogP contribution < -0.4 is 5.73 Å². The molecule has 4 N–H and O–H groups in total. The van der Waals surface area contributed by atoms with Crippen LogP contribution in [0, 0.1) is 0 Å². The zero-order valence-electron chi connectivity index (χ0n) is 10.0. The summed E-state index contributed by atoms with van der Waals surface area (Å²) in [6.07, 6.45) is 0.241. The fraction of sp³-hybridized carbons (Fsp3) is 0.462. The molecule has 1 atom stereocenters. The largest absolute Gasteiger partial charge is 0.437 e. The third-order valence-electron chi connectivity index (χ3n) is 3.46. The molecule has 1 amide bonds. The minimum atomic E-state index is -1.35. The van der Waals surface area contributed by atoms with E-state index >= 15 is 0 Å². The molecule has 0 saturated heterocycles. The number of ether oxygens (including phenoxy) is 1. The fourth-order valence-corrected chi connectivity index (χ4v) is 2.22. The van der Waals surface area contributed by atoms with Crippen molar-refractivity contribution < 1.29 is 19.7 Å². The predicted molar refractivity (Wildman–Crippen MR) is 64.8 cm³/mol. The summed E-state index contributed by atoms with van der Waals surface area (Å²) in [4.78, 5) is 11.0. The van der Waals surface area contributed by atoms with Gasteiger partial charge < -0.3 is 20.7 Å². The second kappa shape index (κ2) is 4.59. The summed E-state index contributed by atoms with van der Waals surface area (Å²) in [5.41, 5.74) is 3.40. The summed E-state index contributed by atoms with van der Waals surface area (Å²) in [5, 5.41) is 19.8. The highest BCUT2D eigenvalue weighted by atomic mass is 16.6. The number of aliphatic hydroxyl groups is 2. The summed E-state index contributed by atoms with van der Waals surface area (Å²) >= 11 is 0. The predicted octanol–water partition coefficient (Wildman–Crippen LogP) is 0.580. The summed E-state index contributed by atoms with van der Waals surface area (Å²) in [6.45, 7) is -0.457. The molecule has 1 aromatic rings. The van der Waals surface area contributed by atoms with Gasteiger partial charge in [-0.05, 0) is 18.4 Å². The lowest BCUT2D eigenvalue weighted by Crippen LogP contribution is -2.54. The molecule has 0 unspecified atom stereocenters. The topological polar surface area (TPSA) is 92.8 Å². The molecule has 1 aliphatic rings. The molecule has 0 radical (unpaired) electrons. The maximum atomic E-state index is 11.0. The minimum absolute atomic E-state index is 0.240. The number of nitrogens with two attached hydrogens (primary N) is 1. The Hall–Kier alpha value is -1.59. The van der Waals surface area contributed by atoms with Crippen LogP contribution in [0.4, 0.5) is 4.79 Å². The number of carbonyl (C=O) groups excluding carboxylic acids is 1. The summed E-state index contributed by atoms with van der Waals surface area (Å²) in [7, 11) is 0. The molecule has 1 aromatic carbocycles. The first kappa shape index (κ1) is 12.9. The molecule has 0 heterocycles. The Labute approximate surface area is 105 Å². The number of hydrogen-bond acceptors (Lipinski definition) is 4. The highest BCUT2D eigenvalue weighted by Gasteiger charge is 2.61. The van der Waals surface area contributed by atoms with E-state index in [0.29, 0.717) is 12.8 Å². The number of carbonyl (C=O) groups is 1. The van der Waals surface area contributed by atoms with Gasteiger partial charge in [-0.3, -0.25) is 0 Å². The highest BCUT2D eigenvalue weighted by Crippen LogP contribution is 2.48. The van der Waals surface area contributed by atoms with Gasteiger partial charge in [0, 0.05) is 6.42 Å². The van der Waals surface area contributed by atoms with Crippen LogP contribution in [0.2, 0.25) is 0 Å². The van der Waals surface area contributed by atoms with Crippen LogP contribution in [0.25, 0.3) is 0 Å². The molecular formula is C13H17NO4. The molecule has 1 fully saturated rings. The Balaban J connectivity index is 2.27. The van der Waals surface area contributed by atoms with Crippen molar-refractivity contribution >= 4 is 6.09 Å². The van der Waals surface area contributed by atoms with Gasteiger partial charge in [-0.15, -0.1) is 0 Å². The number of amides is 1. The summed E-state index contributed by atoms with van der Waals surface area (Å²) in [6, 6.07) is 9.25. The Bertz CT molecular complexity index is 430.